The second-order valence-electron chi connectivity index (χ2n) is 4.64. The van der Waals surface area contributed by atoms with Crippen LogP contribution in [0.5, 0.6) is 0 Å². The highest BCUT2D eigenvalue weighted by Gasteiger charge is 2.25. The van der Waals surface area contributed by atoms with Gasteiger partial charge in [-0.1, -0.05) is 0 Å². The lowest BCUT2D eigenvalue weighted by atomic mass is 10.2. The molecule has 0 aliphatic heterocycles. The first-order valence-corrected chi connectivity index (χ1v) is 7.66. The van der Waals surface area contributed by atoms with E-state index < -0.39 is 54.8 Å². The summed E-state index contributed by atoms with van der Waals surface area (Å²) in [6, 6.07) is -2.68. The number of amides is 4. The van der Waals surface area contributed by atoms with Gasteiger partial charge in [-0.2, -0.15) is 12.6 Å². The standard InChI is InChI=1S/C12H21N5O7S/c13-1-8(19)14-2-9(20)15-3-10(21)16-6(4-18)11(22)17-7(5-25)12(23)24/h6-7,18,25H,1-5,13H2,(H,14,19)(H,15,20)(H,16,21)(H,17,22)(H,23,24)/t6-,7-/m0/s1. The molecule has 142 valence electrons. The van der Waals surface area contributed by atoms with E-state index in [1.54, 1.807) is 0 Å². The van der Waals surface area contributed by atoms with Gasteiger partial charge in [0, 0.05) is 5.75 Å². The zero-order valence-corrected chi connectivity index (χ0v) is 14.0. The number of aliphatic hydroxyl groups is 1. The molecule has 13 heteroatoms. The Morgan fingerprint density at radius 1 is 0.920 bits per heavy atom. The van der Waals surface area contributed by atoms with E-state index >= 15 is 0 Å². The molecule has 0 aromatic heterocycles. The number of carbonyl (C=O) groups excluding carboxylic acids is 4. The van der Waals surface area contributed by atoms with Gasteiger partial charge in [-0.3, -0.25) is 19.2 Å². The van der Waals surface area contributed by atoms with Gasteiger partial charge in [0.1, 0.15) is 12.1 Å². The van der Waals surface area contributed by atoms with Crippen LogP contribution in [0.15, 0.2) is 0 Å². The summed E-state index contributed by atoms with van der Waals surface area (Å²) in [6.45, 7) is -1.97. The fraction of sp³-hybridized carbons (Fsp3) is 0.583. The molecule has 0 aliphatic rings. The van der Waals surface area contributed by atoms with Crippen LogP contribution in [0.2, 0.25) is 0 Å². The Hall–Kier alpha value is -2.38. The highest BCUT2D eigenvalue weighted by molar-refractivity contribution is 7.80. The number of aliphatic hydroxyl groups excluding tert-OH is 1. The number of carboxylic acids is 1. The van der Waals surface area contributed by atoms with Crippen LogP contribution < -0.4 is 27.0 Å². The summed E-state index contributed by atoms with van der Waals surface area (Å²) in [5, 5.41) is 26.5. The Labute approximate surface area is 148 Å². The zero-order valence-electron chi connectivity index (χ0n) is 13.2. The number of nitrogens with one attached hydrogen (secondary N) is 4. The molecule has 0 radical (unpaired) electrons. The summed E-state index contributed by atoms with van der Waals surface area (Å²) < 4.78 is 0. The van der Waals surface area contributed by atoms with Gasteiger partial charge < -0.3 is 37.2 Å². The Morgan fingerprint density at radius 2 is 1.48 bits per heavy atom. The van der Waals surface area contributed by atoms with Gasteiger partial charge in [0.2, 0.25) is 23.6 Å². The van der Waals surface area contributed by atoms with Crippen molar-refractivity contribution in [1.29, 1.82) is 0 Å². The highest BCUT2D eigenvalue weighted by Crippen LogP contribution is 1.91. The minimum Gasteiger partial charge on any atom is -0.480 e. The normalized spacial score (nSPS) is 12.4. The maximum Gasteiger partial charge on any atom is 0.327 e. The minimum absolute atomic E-state index is 0.183. The molecule has 4 amide bonds. The van der Waals surface area contributed by atoms with E-state index in [-0.39, 0.29) is 18.8 Å². The molecule has 0 rings (SSSR count). The van der Waals surface area contributed by atoms with Gasteiger partial charge in [-0.25, -0.2) is 4.79 Å². The second-order valence-corrected chi connectivity index (χ2v) is 5.01. The number of rotatable bonds is 11. The summed E-state index contributed by atoms with van der Waals surface area (Å²) in [6.07, 6.45) is 0. The van der Waals surface area contributed by atoms with Gasteiger partial charge in [-0.05, 0) is 0 Å². The first-order valence-electron chi connectivity index (χ1n) is 7.02. The van der Waals surface area contributed by atoms with E-state index in [1.807, 2.05) is 0 Å². The molecule has 0 aliphatic carbocycles. The van der Waals surface area contributed by atoms with Gasteiger partial charge in [-0.15, -0.1) is 0 Å². The Balaban J connectivity index is 4.35. The third-order valence-corrected chi connectivity index (χ3v) is 3.07. The molecule has 0 spiro atoms. The molecule has 12 nitrogen and oxygen atoms in total. The van der Waals surface area contributed by atoms with Crippen LogP contribution in [0, 0.1) is 0 Å². The van der Waals surface area contributed by atoms with Crippen LogP contribution in [0.25, 0.3) is 0 Å². The van der Waals surface area contributed by atoms with E-state index in [9.17, 15) is 24.0 Å². The molecular formula is C12H21N5O7S. The van der Waals surface area contributed by atoms with Gasteiger partial charge in [0.15, 0.2) is 0 Å². The van der Waals surface area contributed by atoms with Crippen LogP contribution in [0.4, 0.5) is 0 Å². The van der Waals surface area contributed by atoms with E-state index in [2.05, 4.69) is 33.9 Å². The topological polar surface area (TPSA) is 200 Å². The van der Waals surface area contributed by atoms with Crippen molar-refractivity contribution in [2.24, 2.45) is 5.73 Å². The first kappa shape index (κ1) is 22.6. The van der Waals surface area contributed by atoms with Gasteiger partial charge in [0.25, 0.3) is 0 Å². The first-order chi connectivity index (χ1) is 11.7. The van der Waals surface area contributed by atoms with Crippen LogP contribution in [0.1, 0.15) is 0 Å². The summed E-state index contributed by atoms with van der Waals surface area (Å²) >= 11 is 3.76. The average Bonchev–Trinajstić information content (AvgIpc) is 2.59. The predicted octanol–water partition coefficient (Wildman–Crippen LogP) is -4.85. The SMILES string of the molecule is NCC(=O)NCC(=O)NCC(=O)N[C@@H](CO)C(=O)N[C@@H](CS)C(=O)O. The van der Waals surface area contributed by atoms with Crippen LogP contribution >= 0.6 is 12.6 Å². The number of carbonyl (C=O) groups is 5. The van der Waals surface area contributed by atoms with Crippen molar-refractivity contribution >= 4 is 42.2 Å². The highest BCUT2D eigenvalue weighted by atomic mass is 32.1. The van der Waals surface area contributed by atoms with E-state index in [0.717, 1.165) is 0 Å². The lowest BCUT2D eigenvalue weighted by Crippen LogP contribution is -2.55. The second kappa shape index (κ2) is 12.0. The third kappa shape index (κ3) is 9.49. The van der Waals surface area contributed by atoms with Crippen LogP contribution in [-0.4, -0.2) is 83.9 Å². The maximum atomic E-state index is 11.8. The van der Waals surface area contributed by atoms with Gasteiger partial charge in [0.05, 0.1) is 26.2 Å². The summed E-state index contributed by atoms with van der Waals surface area (Å²) in [5.41, 5.74) is 5.03. The van der Waals surface area contributed by atoms with Crippen molar-refractivity contribution < 1.29 is 34.2 Å². The van der Waals surface area contributed by atoms with Crippen LogP contribution in [-0.2, 0) is 24.0 Å². The van der Waals surface area contributed by atoms with Crippen LogP contribution in [0.3, 0.4) is 0 Å². The minimum atomic E-state index is -1.40. The summed E-state index contributed by atoms with van der Waals surface area (Å²) in [5.74, 6) is -4.43. The molecule has 0 saturated carbocycles. The zero-order chi connectivity index (χ0) is 19.4. The fourth-order valence-electron chi connectivity index (χ4n) is 1.39. The van der Waals surface area contributed by atoms with Crippen molar-refractivity contribution in [3.63, 3.8) is 0 Å². The molecule has 0 fully saturated rings. The Morgan fingerprint density at radius 3 is 1.96 bits per heavy atom. The number of hydrogen-bond donors (Lipinski definition) is 8. The lowest BCUT2D eigenvalue weighted by Gasteiger charge is -2.19. The fourth-order valence-corrected chi connectivity index (χ4v) is 1.64. The van der Waals surface area contributed by atoms with E-state index in [1.165, 1.54) is 0 Å². The molecule has 0 bridgehead atoms. The molecule has 8 N–H and O–H groups in total. The summed E-state index contributed by atoms with van der Waals surface area (Å²) in [7, 11) is 0. The van der Waals surface area contributed by atoms with Gasteiger partial charge >= 0.3 is 5.97 Å². The Kier molecular flexibility index (Phi) is 10.9. The lowest BCUT2D eigenvalue weighted by molar-refractivity contribution is -0.141. The molecule has 0 heterocycles. The van der Waals surface area contributed by atoms with Crippen molar-refractivity contribution in [3.05, 3.63) is 0 Å². The molecule has 0 unspecified atom stereocenters. The number of nitrogens with two attached hydrogens (primary N) is 1. The third-order valence-electron chi connectivity index (χ3n) is 2.71. The van der Waals surface area contributed by atoms with E-state index in [0.29, 0.717) is 0 Å². The quantitative estimate of drug-likeness (QED) is 0.163. The molecular weight excluding hydrogens is 358 g/mol. The molecule has 25 heavy (non-hydrogen) atoms. The number of thiol groups is 1. The Bertz CT molecular complexity index is 516. The number of aliphatic carboxylic acids is 1. The van der Waals surface area contributed by atoms with Crippen molar-refractivity contribution in [3.8, 4) is 0 Å². The van der Waals surface area contributed by atoms with Crippen molar-refractivity contribution in [2.45, 2.75) is 12.1 Å². The smallest absolute Gasteiger partial charge is 0.327 e. The molecule has 0 aromatic rings. The van der Waals surface area contributed by atoms with E-state index in [4.69, 9.17) is 15.9 Å². The molecule has 2 atom stereocenters. The van der Waals surface area contributed by atoms with Crippen molar-refractivity contribution in [2.75, 3.05) is 32.0 Å². The summed E-state index contributed by atoms with van der Waals surface area (Å²) in [4.78, 5) is 56.5. The number of hydrogen-bond acceptors (Lipinski definition) is 8. The van der Waals surface area contributed by atoms with Crippen molar-refractivity contribution in [1.82, 2.24) is 21.3 Å². The molecule has 0 aromatic carbocycles. The monoisotopic (exact) mass is 379 g/mol. The molecule has 0 saturated heterocycles. The predicted molar refractivity (Wildman–Crippen MR) is 87.5 cm³/mol. The maximum absolute atomic E-state index is 11.8. The average molecular weight is 379 g/mol. The largest absolute Gasteiger partial charge is 0.480 e. The number of carboxylic acid groups (broad SMARTS) is 1.